The van der Waals surface area contributed by atoms with E-state index in [1.54, 1.807) is 30.3 Å². The van der Waals surface area contributed by atoms with E-state index in [4.69, 9.17) is 27.7 Å². The maximum absolute atomic E-state index is 12.8. The molecule has 0 atom stereocenters. The summed E-state index contributed by atoms with van der Waals surface area (Å²) >= 11 is 11.8. The van der Waals surface area contributed by atoms with Gasteiger partial charge in [-0.25, -0.2) is 4.39 Å². The van der Waals surface area contributed by atoms with Crippen molar-refractivity contribution >= 4 is 29.1 Å². The normalized spacial score (nSPS) is 10.6. The van der Waals surface area contributed by atoms with Gasteiger partial charge in [0.1, 0.15) is 5.82 Å². The Morgan fingerprint density at radius 3 is 2.54 bits per heavy atom. The molecule has 7 heteroatoms. The van der Waals surface area contributed by atoms with Crippen LogP contribution in [0.4, 0.5) is 4.39 Å². The van der Waals surface area contributed by atoms with Gasteiger partial charge in [-0.1, -0.05) is 40.5 Å². The summed E-state index contributed by atoms with van der Waals surface area (Å²) in [6.45, 7) is 0.258. The number of aromatic nitrogens is 1. The molecule has 2 aromatic carbocycles. The van der Waals surface area contributed by atoms with E-state index in [2.05, 4.69) is 10.5 Å². The van der Waals surface area contributed by atoms with Crippen molar-refractivity contribution in [3.63, 3.8) is 0 Å². The molecule has 1 heterocycles. The fourth-order valence-electron chi connectivity index (χ4n) is 2.04. The monoisotopic (exact) mass is 364 g/mol. The van der Waals surface area contributed by atoms with E-state index in [0.29, 0.717) is 21.4 Å². The number of nitrogens with zero attached hydrogens (tertiary/aromatic N) is 1. The van der Waals surface area contributed by atoms with Gasteiger partial charge in [0.05, 0.1) is 10.0 Å². The molecule has 0 fully saturated rings. The predicted molar refractivity (Wildman–Crippen MR) is 89.5 cm³/mol. The number of benzene rings is 2. The van der Waals surface area contributed by atoms with E-state index in [9.17, 15) is 9.18 Å². The molecule has 0 radical (unpaired) electrons. The van der Waals surface area contributed by atoms with Crippen molar-refractivity contribution in [3.8, 4) is 11.3 Å². The molecule has 0 aliphatic carbocycles. The lowest BCUT2D eigenvalue weighted by Crippen LogP contribution is -2.23. The number of amides is 1. The molecule has 3 rings (SSSR count). The number of hydrogen-bond acceptors (Lipinski definition) is 3. The number of halogens is 3. The summed E-state index contributed by atoms with van der Waals surface area (Å²) in [4.78, 5) is 12.1. The molecule has 1 N–H and O–H groups in total. The van der Waals surface area contributed by atoms with Crippen LogP contribution in [0, 0.1) is 5.82 Å². The first-order chi connectivity index (χ1) is 11.5. The van der Waals surface area contributed by atoms with Crippen LogP contribution in [0.5, 0.6) is 0 Å². The molecule has 4 nitrogen and oxygen atoms in total. The van der Waals surface area contributed by atoms with Gasteiger partial charge in [-0.2, -0.15) is 0 Å². The van der Waals surface area contributed by atoms with Crippen molar-refractivity contribution < 1.29 is 13.7 Å². The van der Waals surface area contributed by atoms with Crippen LogP contribution in [-0.4, -0.2) is 11.1 Å². The second kappa shape index (κ2) is 7.03. The van der Waals surface area contributed by atoms with E-state index in [-0.39, 0.29) is 18.1 Å². The minimum atomic E-state index is -0.394. The Labute approximate surface area is 147 Å². The largest absolute Gasteiger partial charge is 0.355 e. The van der Waals surface area contributed by atoms with Gasteiger partial charge in [0.15, 0.2) is 11.5 Å². The third kappa shape index (κ3) is 3.75. The first-order valence-electron chi connectivity index (χ1n) is 6.98. The zero-order chi connectivity index (χ0) is 17.1. The van der Waals surface area contributed by atoms with Gasteiger partial charge in [-0.15, -0.1) is 0 Å². The first-order valence-corrected chi connectivity index (χ1v) is 7.73. The first kappa shape index (κ1) is 16.5. The molecule has 1 amide bonds. The van der Waals surface area contributed by atoms with E-state index in [0.717, 1.165) is 5.56 Å². The lowest BCUT2D eigenvalue weighted by Gasteiger charge is -2.02. The molecule has 0 spiro atoms. The van der Waals surface area contributed by atoms with Crippen molar-refractivity contribution in [2.24, 2.45) is 0 Å². The van der Waals surface area contributed by atoms with Crippen molar-refractivity contribution in [1.29, 1.82) is 0 Å². The van der Waals surface area contributed by atoms with E-state index >= 15 is 0 Å². The van der Waals surface area contributed by atoms with Crippen molar-refractivity contribution in [1.82, 2.24) is 10.5 Å². The van der Waals surface area contributed by atoms with Crippen LogP contribution in [0.25, 0.3) is 11.3 Å². The van der Waals surface area contributed by atoms with Gasteiger partial charge in [-0.05, 0) is 35.9 Å². The summed E-state index contributed by atoms with van der Waals surface area (Å²) in [6, 6.07) is 12.4. The number of carbonyl (C=O) groups is 1. The molecule has 0 saturated carbocycles. The molecular formula is C17H11Cl2FN2O2. The Balaban J connectivity index is 1.69. The lowest BCUT2D eigenvalue weighted by molar-refractivity contribution is 0.0942. The topological polar surface area (TPSA) is 55.1 Å². The second-order valence-corrected chi connectivity index (χ2v) is 5.83. The Kier molecular flexibility index (Phi) is 4.83. The minimum Gasteiger partial charge on any atom is -0.355 e. The van der Waals surface area contributed by atoms with Crippen molar-refractivity contribution in [3.05, 3.63) is 75.7 Å². The number of carbonyl (C=O) groups excluding carboxylic acids is 1. The Hall–Kier alpha value is -2.37. The predicted octanol–water partition coefficient (Wildman–Crippen LogP) is 4.72. The fraction of sp³-hybridized carbons (Fsp3) is 0.0588. The minimum absolute atomic E-state index is 0.137. The van der Waals surface area contributed by atoms with Crippen LogP contribution >= 0.6 is 23.2 Å². The zero-order valence-corrected chi connectivity index (χ0v) is 13.7. The average molecular weight is 365 g/mol. The molecule has 0 saturated heterocycles. The fourth-order valence-corrected chi connectivity index (χ4v) is 2.34. The summed E-state index contributed by atoms with van der Waals surface area (Å²) in [5.74, 6) is -0.317. The Morgan fingerprint density at radius 2 is 1.83 bits per heavy atom. The van der Waals surface area contributed by atoms with E-state index < -0.39 is 5.91 Å². The number of hydrogen-bond donors (Lipinski definition) is 1. The Bertz CT molecular complexity index is 879. The van der Waals surface area contributed by atoms with Gasteiger partial charge < -0.3 is 9.84 Å². The SMILES string of the molecule is O=C(NCc1ccc(F)cc1)c1cc(-c2ccc(Cl)c(Cl)c2)on1. The maximum Gasteiger partial charge on any atom is 0.273 e. The van der Waals surface area contributed by atoms with E-state index in [1.165, 1.54) is 18.2 Å². The highest BCUT2D eigenvalue weighted by molar-refractivity contribution is 6.42. The van der Waals surface area contributed by atoms with Crippen LogP contribution in [0.3, 0.4) is 0 Å². The molecule has 0 bridgehead atoms. The highest BCUT2D eigenvalue weighted by Crippen LogP contribution is 2.28. The molecule has 0 aliphatic heterocycles. The lowest BCUT2D eigenvalue weighted by atomic mass is 10.1. The molecule has 24 heavy (non-hydrogen) atoms. The summed E-state index contributed by atoms with van der Waals surface area (Å²) < 4.78 is 18.0. The Morgan fingerprint density at radius 1 is 1.08 bits per heavy atom. The zero-order valence-electron chi connectivity index (χ0n) is 12.2. The molecule has 3 aromatic rings. The summed E-state index contributed by atoms with van der Waals surface area (Å²) in [6.07, 6.45) is 0. The van der Waals surface area contributed by atoms with Crippen LogP contribution in [0.2, 0.25) is 10.0 Å². The highest BCUT2D eigenvalue weighted by Gasteiger charge is 2.14. The standard InChI is InChI=1S/C17H11Cl2FN2O2/c18-13-6-3-11(7-14(13)19)16-8-15(22-24-16)17(23)21-9-10-1-4-12(20)5-2-10/h1-8H,9H2,(H,21,23). The van der Waals surface area contributed by atoms with Crippen LogP contribution < -0.4 is 5.32 Å². The molecule has 122 valence electrons. The van der Waals surface area contributed by atoms with Gasteiger partial charge in [0.2, 0.25) is 0 Å². The van der Waals surface area contributed by atoms with Gasteiger partial charge >= 0.3 is 0 Å². The van der Waals surface area contributed by atoms with Gasteiger partial charge in [-0.3, -0.25) is 4.79 Å². The number of nitrogens with one attached hydrogen (secondary N) is 1. The van der Waals surface area contributed by atoms with E-state index in [1.807, 2.05) is 0 Å². The van der Waals surface area contributed by atoms with Gasteiger partial charge in [0, 0.05) is 18.2 Å². The van der Waals surface area contributed by atoms with Crippen LogP contribution in [0.15, 0.2) is 53.1 Å². The summed E-state index contributed by atoms with van der Waals surface area (Å²) in [7, 11) is 0. The van der Waals surface area contributed by atoms with Crippen LogP contribution in [0.1, 0.15) is 16.1 Å². The van der Waals surface area contributed by atoms with Crippen LogP contribution in [-0.2, 0) is 6.54 Å². The summed E-state index contributed by atoms with van der Waals surface area (Å²) in [5, 5.41) is 7.25. The molecular weight excluding hydrogens is 354 g/mol. The third-order valence-corrected chi connectivity index (χ3v) is 4.05. The molecule has 1 aromatic heterocycles. The highest BCUT2D eigenvalue weighted by atomic mass is 35.5. The molecule has 0 aliphatic rings. The second-order valence-electron chi connectivity index (χ2n) is 5.01. The summed E-state index contributed by atoms with van der Waals surface area (Å²) in [5.41, 5.74) is 1.57. The maximum atomic E-state index is 12.8. The quantitative estimate of drug-likeness (QED) is 0.728. The third-order valence-electron chi connectivity index (χ3n) is 3.31. The number of rotatable bonds is 4. The smallest absolute Gasteiger partial charge is 0.273 e. The average Bonchev–Trinajstić information content (AvgIpc) is 3.07. The van der Waals surface area contributed by atoms with Crippen molar-refractivity contribution in [2.45, 2.75) is 6.54 Å². The van der Waals surface area contributed by atoms with Gasteiger partial charge in [0.25, 0.3) is 5.91 Å². The van der Waals surface area contributed by atoms with Crippen molar-refractivity contribution in [2.75, 3.05) is 0 Å². The molecule has 0 unspecified atom stereocenters.